The molecule has 0 saturated carbocycles. The van der Waals surface area contributed by atoms with Crippen molar-refractivity contribution in [3.05, 3.63) is 48.6 Å². The first-order valence-corrected chi connectivity index (χ1v) is 19.8. The number of phosphoric acid groups is 1. The first-order chi connectivity index (χ1) is 22.4. The number of aliphatic hydroxyl groups excluding tert-OH is 1. The number of rotatable bonds is 33. The van der Waals surface area contributed by atoms with Crippen molar-refractivity contribution in [2.45, 2.75) is 161 Å². The Balaban J connectivity index is 4.34. The highest BCUT2D eigenvalue weighted by atomic mass is 31.2. The number of phosphoric ester groups is 1. The number of aliphatic hydroxyl groups is 1. The van der Waals surface area contributed by atoms with Crippen LogP contribution in [0.25, 0.3) is 0 Å². The van der Waals surface area contributed by atoms with Gasteiger partial charge in [0.05, 0.1) is 25.4 Å². The topological polar surface area (TPSA) is 131 Å². The Bertz CT molecular complexity index is 861. The van der Waals surface area contributed by atoms with Crippen molar-refractivity contribution < 1.29 is 28.4 Å². The molecule has 1 amide bonds. The maximum atomic E-state index is 12.7. The lowest BCUT2D eigenvalue weighted by molar-refractivity contribution is -0.123. The predicted octanol–water partition coefficient (Wildman–Crippen LogP) is 9.38. The zero-order valence-electron chi connectivity index (χ0n) is 29.3. The molecular formula is C37H69N2O6P. The van der Waals surface area contributed by atoms with Gasteiger partial charge in [0.15, 0.2) is 0 Å². The highest BCUT2D eigenvalue weighted by Gasteiger charge is 2.26. The maximum absolute atomic E-state index is 12.7. The number of nitrogens with one attached hydrogen (secondary N) is 1. The lowest BCUT2D eigenvalue weighted by Crippen LogP contribution is -2.45. The molecule has 3 atom stereocenters. The average molecular weight is 669 g/mol. The summed E-state index contributed by atoms with van der Waals surface area (Å²) in [6.45, 7) is 4.01. The molecule has 0 bridgehead atoms. The van der Waals surface area contributed by atoms with E-state index >= 15 is 0 Å². The maximum Gasteiger partial charge on any atom is 0.472 e. The van der Waals surface area contributed by atoms with E-state index in [4.69, 9.17) is 14.8 Å². The number of amides is 1. The van der Waals surface area contributed by atoms with E-state index in [1.807, 2.05) is 6.08 Å². The summed E-state index contributed by atoms with van der Waals surface area (Å²) in [7, 11) is -4.34. The molecule has 0 spiro atoms. The molecule has 8 nitrogen and oxygen atoms in total. The van der Waals surface area contributed by atoms with Crippen LogP contribution in [0.15, 0.2) is 48.6 Å². The minimum atomic E-state index is -4.34. The number of hydrogen-bond acceptors (Lipinski definition) is 6. The summed E-state index contributed by atoms with van der Waals surface area (Å²) < 4.78 is 22.0. The summed E-state index contributed by atoms with van der Waals surface area (Å²) in [5.41, 5.74) is 5.34. The Morgan fingerprint density at radius 1 is 0.717 bits per heavy atom. The predicted molar refractivity (Wildman–Crippen MR) is 194 cm³/mol. The van der Waals surface area contributed by atoms with Gasteiger partial charge in [-0.1, -0.05) is 127 Å². The molecule has 0 aromatic carbocycles. The SMILES string of the molecule is CCCCC/C=C\C/C=C\CCCCCCCCCC(=O)NC(COP(=O)(O)OCCN)C(O)/C=C/CC/C=C/CCCCCC. The van der Waals surface area contributed by atoms with Gasteiger partial charge in [-0.15, -0.1) is 0 Å². The van der Waals surface area contributed by atoms with Gasteiger partial charge < -0.3 is 21.1 Å². The number of allylic oxidation sites excluding steroid dienone is 7. The summed E-state index contributed by atoms with van der Waals surface area (Å²) in [5.74, 6) is -0.217. The number of hydrogen-bond donors (Lipinski definition) is 4. The molecule has 0 aliphatic heterocycles. The van der Waals surface area contributed by atoms with Crippen molar-refractivity contribution in [3.63, 3.8) is 0 Å². The van der Waals surface area contributed by atoms with Crippen LogP contribution in [-0.4, -0.2) is 47.8 Å². The van der Waals surface area contributed by atoms with Crippen molar-refractivity contribution in [2.75, 3.05) is 19.8 Å². The number of carbonyl (C=O) groups excluding carboxylic acids is 1. The molecule has 0 aromatic heterocycles. The minimum absolute atomic E-state index is 0.0708. The molecule has 5 N–H and O–H groups in total. The third kappa shape index (κ3) is 31.1. The minimum Gasteiger partial charge on any atom is -0.387 e. The van der Waals surface area contributed by atoms with Crippen molar-refractivity contribution in [1.82, 2.24) is 5.32 Å². The fourth-order valence-electron chi connectivity index (χ4n) is 4.82. The number of carbonyl (C=O) groups is 1. The smallest absolute Gasteiger partial charge is 0.387 e. The molecule has 268 valence electrons. The molecule has 3 unspecified atom stereocenters. The van der Waals surface area contributed by atoms with E-state index in [0.717, 1.165) is 57.8 Å². The van der Waals surface area contributed by atoms with Crippen LogP contribution >= 0.6 is 7.82 Å². The fourth-order valence-corrected chi connectivity index (χ4v) is 5.58. The van der Waals surface area contributed by atoms with Gasteiger partial charge in [-0.2, -0.15) is 0 Å². The van der Waals surface area contributed by atoms with E-state index in [1.165, 1.54) is 70.6 Å². The van der Waals surface area contributed by atoms with Gasteiger partial charge in [0, 0.05) is 13.0 Å². The Kier molecular flexibility index (Phi) is 32.2. The Labute approximate surface area is 282 Å². The van der Waals surface area contributed by atoms with Gasteiger partial charge in [-0.05, 0) is 64.2 Å². The first kappa shape index (κ1) is 44.5. The Hall–Kier alpha value is -1.54. The van der Waals surface area contributed by atoms with E-state index in [1.54, 1.807) is 6.08 Å². The van der Waals surface area contributed by atoms with E-state index in [9.17, 15) is 19.4 Å². The molecular weight excluding hydrogens is 599 g/mol. The van der Waals surface area contributed by atoms with Gasteiger partial charge in [-0.3, -0.25) is 13.8 Å². The second kappa shape index (κ2) is 33.4. The summed E-state index contributed by atoms with van der Waals surface area (Å²) in [6, 6.07) is -0.879. The highest BCUT2D eigenvalue weighted by Crippen LogP contribution is 2.43. The second-order valence-electron chi connectivity index (χ2n) is 12.1. The third-order valence-electron chi connectivity index (χ3n) is 7.63. The summed E-state index contributed by atoms with van der Waals surface area (Å²) >= 11 is 0. The molecule has 0 saturated heterocycles. The average Bonchev–Trinajstić information content (AvgIpc) is 3.04. The third-order valence-corrected chi connectivity index (χ3v) is 8.61. The zero-order chi connectivity index (χ0) is 34.0. The van der Waals surface area contributed by atoms with Crippen LogP contribution in [0.2, 0.25) is 0 Å². The van der Waals surface area contributed by atoms with Crippen LogP contribution in [0.3, 0.4) is 0 Å². The van der Waals surface area contributed by atoms with Crippen molar-refractivity contribution >= 4 is 13.7 Å². The van der Waals surface area contributed by atoms with Crippen LogP contribution < -0.4 is 11.1 Å². The lowest BCUT2D eigenvalue weighted by atomic mass is 10.1. The van der Waals surface area contributed by atoms with E-state index < -0.39 is 20.0 Å². The molecule has 0 rings (SSSR count). The standard InChI is InChI=1S/C37H69N2O6P/c1-3-5-7-9-11-13-15-16-17-18-19-20-21-23-25-27-29-31-37(41)39-35(34-45-46(42,43)44-33-32-38)36(40)30-28-26-24-22-14-12-10-8-6-4-2/h11,13-14,16-17,22,28,30,35-36,40H,3-10,12,15,18-21,23-27,29,31-34,38H2,1-2H3,(H,39,41)(H,42,43)/b13-11-,17-16-,22-14+,30-28+. The van der Waals surface area contributed by atoms with Gasteiger partial charge in [0.2, 0.25) is 5.91 Å². The Morgan fingerprint density at radius 2 is 1.22 bits per heavy atom. The summed E-state index contributed by atoms with van der Waals surface area (Å²) in [5, 5.41) is 13.5. The lowest BCUT2D eigenvalue weighted by Gasteiger charge is -2.23. The van der Waals surface area contributed by atoms with E-state index in [0.29, 0.717) is 6.42 Å². The van der Waals surface area contributed by atoms with Crippen LogP contribution in [0.1, 0.15) is 149 Å². The van der Waals surface area contributed by atoms with Crippen LogP contribution in [0.5, 0.6) is 0 Å². The second-order valence-corrected chi connectivity index (χ2v) is 13.5. The van der Waals surface area contributed by atoms with Gasteiger partial charge in [-0.25, -0.2) is 4.57 Å². The molecule has 0 aromatic rings. The van der Waals surface area contributed by atoms with E-state index in [2.05, 4.69) is 55.6 Å². The molecule has 46 heavy (non-hydrogen) atoms. The van der Waals surface area contributed by atoms with E-state index in [-0.39, 0.29) is 25.7 Å². The van der Waals surface area contributed by atoms with Crippen LogP contribution in [-0.2, 0) is 18.4 Å². The van der Waals surface area contributed by atoms with Gasteiger partial charge in [0.25, 0.3) is 0 Å². The monoisotopic (exact) mass is 668 g/mol. The molecule has 0 aliphatic carbocycles. The largest absolute Gasteiger partial charge is 0.472 e. The van der Waals surface area contributed by atoms with Crippen molar-refractivity contribution in [3.8, 4) is 0 Å². The summed E-state index contributed by atoms with van der Waals surface area (Å²) in [6.07, 6.45) is 38.7. The fraction of sp³-hybridized carbons (Fsp3) is 0.757. The van der Waals surface area contributed by atoms with Crippen molar-refractivity contribution in [1.29, 1.82) is 0 Å². The highest BCUT2D eigenvalue weighted by molar-refractivity contribution is 7.47. The van der Waals surface area contributed by atoms with Gasteiger partial charge in [0.1, 0.15) is 0 Å². The Morgan fingerprint density at radius 3 is 1.85 bits per heavy atom. The zero-order valence-corrected chi connectivity index (χ0v) is 30.2. The number of nitrogens with two attached hydrogens (primary N) is 1. The van der Waals surface area contributed by atoms with Gasteiger partial charge >= 0.3 is 7.82 Å². The molecule has 0 fully saturated rings. The molecule has 0 radical (unpaired) electrons. The normalized spacial score (nSPS) is 15.0. The molecule has 9 heteroatoms. The quantitative estimate of drug-likeness (QED) is 0.0311. The number of unbranched alkanes of at least 4 members (excludes halogenated alkanes) is 15. The molecule has 0 heterocycles. The van der Waals surface area contributed by atoms with Crippen LogP contribution in [0, 0.1) is 0 Å². The first-order valence-electron chi connectivity index (χ1n) is 18.3. The molecule has 0 aliphatic rings. The van der Waals surface area contributed by atoms with Crippen LogP contribution in [0.4, 0.5) is 0 Å². The van der Waals surface area contributed by atoms with Crippen molar-refractivity contribution in [2.24, 2.45) is 5.73 Å². The summed E-state index contributed by atoms with van der Waals surface area (Å²) in [4.78, 5) is 22.5.